The summed E-state index contributed by atoms with van der Waals surface area (Å²) >= 11 is 0.909. The van der Waals surface area contributed by atoms with Crippen LogP contribution in [0.4, 0.5) is 15.7 Å². The van der Waals surface area contributed by atoms with Gasteiger partial charge in [-0.15, -0.1) is 11.3 Å². The molecule has 0 spiro atoms. The molecule has 0 aliphatic carbocycles. The maximum atomic E-state index is 14.2. The first-order valence-corrected chi connectivity index (χ1v) is 23.2. The first-order chi connectivity index (χ1) is 30.3. The van der Waals surface area contributed by atoms with Crippen LogP contribution in [-0.2, 0) is 56.3 Å². The quantitative estimate of drug-likeness (QED) is 0.0263. The van der Waals surface area contributed by atoms with Gasteiger partial charge in [0.25, 0.3) is 23.2 Å². The number of nitrogens with one attached hydrogen (secondary N) is 4. The molecule has 3 atom stereocenters. The van der Waals surface area contributed by atoms with E-state index < -0.39 is 74.5 Å². The van der Waals surface area contributed by atoms with Gasteiger partial charge >= 0.3 is 12.1 Å². The number of β-lactam (4-membered cyclic amide) rings is 1. The largest absolute Gasteiger partial charge is 0.724 e. The van der Waals surface area contributed by atoms with Crippen molar-refractivity contribution in [3.05, 3.63) is 53.2 Å². The molecule has 2 fully saturated rings. The number of nitrogens with zero attached hydrogens (tertiary/aromatic N) is 4. The van der Waals surface area contributed by atoms with Crippen molar-refractivity contribution in [1.29, 1.82) is 0 Å². The maximum Gasteiger partial charge on any atom is 0.413 e. The molecule has 3 aliphatic rings. The van der Waals surface area contributed by atoms with E-state index in [1.807, 2.05) is 30.3 Å². The summed E-state index contributed by atoms with van der Waals surface area (Å²) in [6, 6.07) is 8.47. The number of nitrogens with two attached hydrogens (primary N) is 1. The summed E-state index contributed by atoms with van der Waals surface area (Å²) in [5.41, 5.74) is 2.55. The summed E-state index contributed by atoms with van der Waals surface area (Å²) in [6.07, 6.45) is 0.988. The average Bonchev–Trinajstić information content (AvgIpc) is 3.64. The first kappa shape index (κ1) is 49.0. The zero-order valence-electron chi connectivity index (χ0n) is 37.8. The number of amides is 3. The fraction of sp³-hybridized carbons (Fsp3) is 0.548. The lowest BCUT2D eigenvalue weighted by Crippen LogP contribution is -2.76. The third kappa shape index (κ3) is 11.9. The number of aromatic nitrogens is 2. The highest BCUT2D eigenvalue weighted by atomic mass is 32.3. The predicted molar refractivity (Wildman–Crippen MR) is 236 cm³/mol. The summed E-state index contributed by atoms with van der Waals surface area (Å²) in [5.74, 6) is -0.986. The summed E-state index contributed by atoms with van der Waals surface area (Å²) in [4.78, 5) is 64.3. The van der Waals surface area contributed by atoms with Crippen molar-refractivity contribution in [2.24, 2.45) is 16.8 Å². The SMILES string of the molecule is CC(C)(C)OC(=O)Nc1nc(/C(=N/OC(C)(C(=O)OC(C)(C)C)C2CCc3cc(-c4ccc(NCCN)[n+](CC5CNC5)c4)ccc3O2)C(=O)NC2C(=O)N(OS(=O)(=O)[O-])C2(C)C)cs1. The summed E-state index contributed by atoms with van der Waals surface area (Å²) in [7, 11) is -5.34. The molecule has 65 heavy (non-hydrogen) atoms. The number of benzene rings is 1. The number of hydrogen-bond acceptors (Lipinski definition) is 18. The molecular weight excluding hydrogens is 887 g/mol. The molecule has 1 aromatic carbocycles. The minimum Gasteiger partial charge on any atom is -0.724 e. The Morgan fingerprint density at radius 2 is 1.77 bits per heavy atom. The van der Waals surface area contributed by atoms with Crippen LogP contribution in [0.2, 0.25) is 0 Å². The van der Waals surface area contributed by atoms with E-state index in [-0.39, 0.29) is 17.2 Å². The van der Waals surface area contributed by atoms with E-state index in [1.54, 1.807) is 41.5 Å². The molecule has 21 nitrogen and oxygen atoms in total. The number of fused-ring (bicyclic) bond motifs is 1. The van der Waals surface area contributed by atoms with Gasteiger partial charge in [0.2, 0.25) is 10.4 Å². The fourth-order valence-electron chi connectivity index (χ4n) is 7.14. The zero-order chi connectivity index (χ0) is 47.7. The molecule has 3 aliphatic heterocycles. The molecule has 354 valence electrons. The number of rotatable bonds is 16. The molecule has 6 N–H and O–H groups in total. The summed E-state index contributed by atoms with van der Waals surface area (Å²) in [6.45, 7) is 18.1. The van der Waals surface area contributed by atoms with Gasteiger partial charge in [-0.2, -0.15) is 9.35 Å². The average molecular weight is 944 g/mol. The summed E-state index contributed by atoms with van der Waals surface area (Å²) in [5, 5.41) is 17.6. The number of carbonyl (C=O) groups is 4. The third-order valence-corrected chi connectivity index (χ3v) is 11.7. The number of hydroxylamine groups is 2. The van der Waals surface area contributed by atoms with Crippen molar-refractivity contribution in [3.63, 3.8) is 0 Å². The van der Waals surface area contributed by atoms with E-state index in [9.17, 15) is 32.1 Å². The Morgan fingerprint density at radius 3 is 2.38 bits per heavy atom. The lowest BCUT2D eigenvalue weighted by molar-refractivity contribution is -0.690. The Labute approximate surface area is 381 Å². The Bertz CT molecular complexity index is 2440. The van der Waals surface area contributed by atoms with Gasteiger partial charge in [-0.25, -0.2) is 27.6 Å². The van der Waals surface area contributed by atoms with E-state index in [0.717, 1.165) is 53.5 Å². The van der Waals surface area contributed by atoms with Crippen LogP contribution in [0, 0.1) is 5.92 Å². The second kappa shape index (κ2) is 18.8. The molecule has 3 aromatic rings. The van der Waals surface area contributed by atoms with Gasteiger partial charge in [0, 0.05) is 42.6 Å². The normalized spacial score (nSPS) is 19.6. The first-order valence-electron chi connectivity index (χ1n) is 21.0. The van der Waals surface area contributed by atoms with Crippen LogP contribution in [0.5, 0.6) is 5.75 Å². The molecule has 2 aromatic heterocycles. The van der Waals surface area contributed by atoms with E-state index in [1.165, 1.54) is 26.2 Å². The highest BCUT2D eigenvalue weighted by molar-refractivity contribution is 7.80. The Hall–Kier alpha value is -5.46. The molecule has 23 heteroatoms. The maximum absolute atomic E-state index is 14.2. The second-order valence-corrected chi connectivity index (χ2v) is 20.5. The van der Waals surface area contributed by atoms with Gasteiger partial charge in [-0.3, -0.25) is 20.2 Å². The molecule has 3 amide bonds. The molecular formula is C42H57N9O12S2. The molecule has 0 saturated carbocycles. The number of thiazole rings is 1. The summed E-state index contributed by atoms with van der Waals surface area (Å²) < 4.78 is 58.2. The number of aryl methyl sites for hydroxylation is 1. The number of esters is 1. The van der Waals surface area contributed by atoms with Crippen molar-refractivity contribution < 1.29 is 60.0 Å². The van der Waals surface area contributed by atoms with Crippen molar-refractivity contribution in [2.75, 3.05) is 36.8 Å². The van der Waals surface area contributed by atoms with Gasteiger partial charge in [-0.1, -0.05) is 11.2 Å². The van der Waals surface area contributed by atoms with Crippen LogP contribution in [-0.4, -0.2) is 113 Å². The van der Waals surface area contributed by atoms with Crippen LogP contribution < -0.4 is 36.3 Å². The minimum atomic E-state index is -5.34. The molecule has 5 heterocycles. The highest BCUT2D eigenvalue weighted by Crippen LogP contribution is 2.38. The Kier molecular flexibility index (Phi) is 14.2. The zero-order valence-corrected chi connectivity index (χ0v) is 39.4. The number of carbonyl (C=O) groups excluding carboxylic acids is 4. The second-order valence-electron chi connectivity index (χ2n) is 18.6. The van der Waals surface area contributed by atoms with Gasteiger partial charge in [-0.05, 0) is 104 Å². The van der Waals surface area contributed by atoms with E-state index >= 15 is 0 Å². The van der Waals surface area contributed by atoms with Gasteiger partial charge < -0.3 is 40.0 Å². The van der Waals surface area contributed by atoms with E-state index in [4.69, 9.17) is 24.8 Å². The predicted octanol–water partition coefficient (Wildman–Crippen LogP) is 2.75. The van der Waals surface area contributed by atoms with Crippen LogP contribution in [0.25, 0.3) is 11.1 Å². The van der Waals surface area contributed by atoms with Gasteiger partial charge in [0.1, 0.15) is 28.7 Å². The molecule has 0 bridgehead atoms. The van der Waals surface area contributed by atoms with Crippen LogP contribution >= 0.6 is 11.3 Å². The van der Waals surface area contributed by atoms with E-state index in [2.05, 4.69) is 46.5 Å². The number of anilines is 2. The Balaban J connectivity index is 1.30. The van der Waals surface area contributed by atoms with Crippen LogP contribution in [0.15, 0.2) is 47.1 Å². The molecule has 0 radical (unpaired) electrons. The number of oxime groups is 1. The van der Waals surface area contributed by atoms with Crippen LogP contribution in [0.1, 0.15) is 80.0 Å². The van der Waals surface area contributed by atoms with Gasteiger partial charge in [0.05, 0.1) is 24.8 Å². The highest BCUT2D eigenvalue weighted by Gasteiger charge is 2.58. The topological polar surface area (TPSA) is 278 Å². The minimum absolute atomic E-state index is 0.00112. The monoisotopic (exact) mass is 943 g/mol. The number of pyridine rings is 1. The standard InChI is InChI=1S/C42H57N9O12S2/c1-39(2,3)60-36(54)42(9,30-14-11-26-18-25(10-13-29(26)59-30)27-12-15-31(45-17-16-43)50(22-27)21-24-19-44-20-24)62-49-32(28-23-64-37(46-28)48-38(55)61-40(4,5)6)34(52)47-33-35(53)51(41(33,7)8)63-65(56,57)58/h10,12-13,15,18,22-24,30,33,44H,11,14,16-17,19-21,43H2,1-9H3,(H3,46,47,48,52,55,56,57,58)/b49-32-. The number of ether oxygens (including phenoxy) is 3. The fourth-order valence-corrected chi connectivity index (χ4v) is 8.27. The van der Waals surface area contributed by atoms with Gasteiger partial charge in [0.15, 0.2) is 16.9 Å². The lowest BCUT2D eigenvalue weighted by atomic mass is 9.84. The third-order valence-electron chi connectivity index (χ3n) is 10.6. The molecule has 3 unspecified atom stereocenters. The Morgan fingerprint density at radius 1 is 1.08 bits per heavy atom. The van der Waals surface area contributed by atoms with E-state index in [0.29, 0.717) is 36.2 Å². The number of hydrogen-bond donors (Lipinski definition) is 5. The van der Waals surface area contributed by atoms with Crippen molar-refractivity contribution in [1.82, 2.24) is 20.7 Å². The van der Waals surface area contributed by atoms with Crippen LogP contribution in [0.3, 0.4) is 0 Å². The smallest absolute Gasteiger partial charge is 0.413 e. The van der Waals surface area contributed by atoms with Crippen molar-refractivity contribution in [2.45, 2.75) is 116 Å². The lowest BCUT2D eigenvalue weighted by Gasteiger charge is -2.51. The van der Waals surface area contributed by atoms with Crippen molar-refractivity contribution in [3.8, 4) is 16.9 Å². The molecule has 2 saturated heterocycles. The van der Waals surface area contributed by atoms with Crippen molar-refractivity contribution >= 4 is 62.3 Å². The molecule has 6 rings (SSSR count).